The zero-order chi connectivity index (χ0) is 11.9. The van der Waals surface area contributed by atoms with Crippen molar-refractivity contribution in [3.05, 3.63) is 52.2 Å². The van der Waals surface area contributed by atoms with Gasteiger partial charge in [0, 0.05) is 10.4 Å². The van der Waals surface area contributed by atoms with Crippen molar-refractivity contribution < 1.29 is 10.1 Å². The first kappa shape index (κ1) is 12.1. The molecule has 0 saturated carbocycles. The molecule has 2 nitrogen and oxygen atoms in total. The highest BCUT2D eigenvalue weighted by Gasteiger charge is 1.98. The van der Waals surface area contributed by atoms with Gasteiger partial charge in [-0.3, -0.25) is 0 Å². The summed E-state index contributed by atoms with van der Waals surface area (Å²) in [5.74, 6) is 0.943. The van der Waals surface area contributed by atoms with Gasteiger partial charge in [-0.15, -0.1) is 11.3 Å². The Bertz CT molecular complexity index is 422. The van der Waals surface area contributed by atoms with Crippen LogP contribution in [0, 0.1) is 0 Å². The molecule has 0 saturated heterocycles. The van der Waals surface area contributed by atoms with Crippen LogP contribution in [0.4, 0.5) is 0 Å². The molecule has 1 heterocycles. The van der Waals surface area contributed by atoms with E-state index in [0.717, 1.165) is 18.8 Å². The molecule has 0 spiro atoms. The lowest BCUT2D eigenvalue weighted by Crippen LogP contribution is -2.81. The van der Waals surface area contributed by atoms with Crippen molar-refractivity contribution in [1.29, 1.82) is 0 Å². The van der Waals surface area contributed by atoms with E-state index in [-0.39, 0.29) is 0 Å². The molecule has 2 N–H and O–H groups in total. The van der Waals surface area contributed by atoms with Crippen LogP contribution in [0.1, 0.15) is 17.4 Å². The van der Waals surface area contributed by atoms with Gasteiger partial charge in [-0.05, 0) is 42.6 Å². The van der Waals surface area contributed by atoms with E-state index in [4.69, 9.17) is 4.74 Å². The molecule has 2 aromatic rings. The van der Waals surface area contributed by atoms with E-state index in [9.17, 15) is 0 Å². The lowest BCUT2D eigenvalue weighted by atomic mass is 10.2. The van der Waals surface area contributed by atoms with Crippen LogP contribution in [0.3, 0.4) is 0 Å². The maximum Gasteiger partial charge on any atom is 0.122 e. The number of hydrogen-bond donors (Lipinski definition) is 1. The van der Waals surface area contributed by atoms with Crippen LogP contribution in [0.15, 0.2) is 41.8 Å². The summed E-state index contributed by atoms with van der Waals surface area (Å²) in [6.45, 7) is 4.99. The van der Waals surface area contributed by atoms with E-state index in [1.54, 1.807) is 11.3 Å². The third kappa shape index (κ3) is 3.88. The molecule has 0 amide bonds. The Morgan fingerprint density at radius 1 is 1.18 bits per heavy atom. The number of nitrogens with two attached hydrogens (primary N) is 1. The summed E-state index contributed by atoms with van der Waals surface area (Å²) >= 11 is 1.73. The van der Waals surface area contributed by atoms with Crippen LogP contribution in [0.25, 0.3) is 0 Å². The number of ether oxygens (including phenoxy) is 1. The lowest BCUT2D eigenvalue weighted by Gasteiger charge is -2.05. The molecule has 1 aromatic heterocycles. The normalized spacial score (nSPS) is 10.4. The predicted octanol–water partition coefficient (Wildman–Crippen LogP) is 2.41. The number of thiophene rings is 1. The van der Waals surface area contributed by atoms with Gasteiger partial charge in [-0.2, -0.15) is 0 Å². The van der Waals surface area contributed by atoms with Gasteiger partial charge in [0.2, 0.25) is 0 Å². The largest absolute Gasteiger partial charge is 0.488 e. The molecule has 17 heavy (non-hydrogen) atoms. The smallest absolute Gasteiger partial charge is 0.122 e. The first-order valence-electron chi connectivity index (χ1n) is 5.94. The maximum atomic E-state index is 5.71. The van der Waals surface area contributed by atoms with E-state index >= 15 is 0 Å². The minimum Gasteiger partial charge on any atom is -0.488 e. The Kier molecular flexibility index (Phi) is 4.59. The highest BCUT2D eigenvalue weighted by atomic mass is 32.1. The number of hydrogen-bond acceptors (Lipinski definition) is 2. The SMILES string of the molecule is CC[NH2+]Cc1ccc(OCc2cccs2)cc1. The summed E-state index contributed by atoms with van der Waals surface area (Å²) in [6, 6.07) is 12.5. The molecule has 0 aliphatic heterocycles. The van der Waals surface area contributed by atoms with Gasteiger partial charge in [0.1, 0.15) is 18.9 Å². The zero-order valence-corrected chi connectivity index (χ0v) is 10.9. The summed E-state index contributed by atoms with van der Waals surface area (Å²) in [6.07, 6.45) is 0. The van der Waals surface area contributed by atoms with Crippen molar-refractivity contribution in [3.8, 4) is 5.75 Å². The van der Waals surface area contributed by atoms with Crippen LogP contribution >= 0.6 is 11.3 Å². The molecule has 2 rings (SSSR count). The van der Waals surface area contributed by atoms with E-state index in [0.29, 0.717) is 6.61 Å². The lowest BCUT2D eigenvalue weighted by molar-refractivity contribution is -0.667. The van der Waals surface area contributed by atoms with Gasteiger partial charge >= 0.3 is 0 Å². The molecule has 0 fully saturated rings. The highest BCUT2D eigenvalue weighted by molar-refractivity contribution is 7.09. The molecule has 3 heteroatoms. The average molecular weight is 248 g/mol. The third-order valence-corrected chi connectivity index (χ3v) is 3.40. The number of benzene rings is 1. The Hall–Kier alpha value is -1.32. The fourth-order valence-corrected chi connectivity index (χ4v) is 2.20. The van der Waals surface area contributed by atoms with Crippen LogP contribution in [-0.4, -0.2) is 6.54 Å². The van der Waals surface area contributed by atoms with Crippen LogP contribution in [0.2, 0.25) is 0 Å². The fourth-order valence-electron chi connectivity index (χ4n) is 1.58. The topological polar surface area (TPSA) is 25.8 Å². The Morgan fingerprint density at radius 2 is 2.00 bits per heavy atom. The minimum atomic E-state index is 0.665. The molecule has 0 unspecified atom stereocenters. The Morgan fingerprint density at radius 3 is 2.65 bits per heavy atom. The molecule has 0 bridgehead atoms. The second-order valence-corrected chi connectivity index (χ2v) is 4.95. The predicted molar refractivity (Wildman–Crippen MR) is 71.3 cm³/mol. The first-order chi connectivity index (χ1) is 8.38. The van der Waals surface area contributed by atoms with Crippen LogP contribution in [0.5, 0.6) is 5.75 Å². The summed E-state index contributed by atoms with van der Waals surface area (Å²) in [4.78, 5) is 1.26. The van der Waals surface area contributed by atoms with Crippen molar-refractivity contribution in [2.45, 2.75) is 20.1 Å². The van der Waals surface area contributed by atoms with Crippen LogP contribution < -0.4 is 10.1 Å². The number of quaternary nitrogens is 1. The summed E-state index contributed by atoms with van der Waals surface area (Å²) in [5.41, 5.74) is 1.34. The highest BCUT2D eigenvalue weighted by Crippen LogP contribution is 2.15. The summed E-state index contributed by atoms with van der Waals surface area (Å²) in [5, 5.41) is 4.35. The van der Waals surface area contributed by atoms with Crippen LogP contribution in [-0.2, 0) is 13.2 Å². The first-order valence-corrected chi connectivity index (χ1v) is 6.82. The summed E-state index contributed by atoms with van der Waals surface area (Å²) < 4.78 is 5.71. The van der Waals surface area contributed by atoms with Gasteiger partial charge in [-0.25, -0.2) is 0 Å². The minimum absolute atomic E-state index is 0.665. The van der Waals surface area contributed by atoms with Gasteiger partial charge in [0.05, 0.1) is 6.54 Å². The monoisotopic (exact) mass is 248 g/mol. The Balaban J connectivity index is 1.85. The van der Waals surface area contributed by atoms with Crippen molar-refractivity contribution in [3.63, 3.8) is 0 Å². The molecule has 0 atom stereocenters. The Labute approximate surface area is 106 Å². The molecule has 0 aliphatic carbocycles. The number of rotatable bonds is 6. The van der Waals surface area contributed by atoms with Crippen molar-refractivity contribution >= 4 is 11.3 Å². The maximum absolute atomic E-state index is 5.71. The van der Waals surface area contributed by atoms with Gasteiger partial charge in [0.15, 0.2) is 0 Å². The molecule has 0 radical (unpaired) electrons. The zero-order valence-electron chi connectivity index (χ0n) is 10.1. The fraction of sp³-hybridized carbons (Fsp3) is 0.286. The second kappa shape index (κ2) is 6.42. The van der Waals surface area contributed by atoms with E-state index < -0.39 is 0 Å². The van der Waals surface area contributed by atoms with E-state index in [2.05, 4.69) is 35.8 Å². The second-order valence-electron chi connectivity index (χ2n) is 3.91. The van der Waals surface area contributed by atoms with E-state index in [1.165, 1.54) is 10.4 Å². The molecule has 90 valence electrons. The van der Waals surface area contributed by atoms with E-state index in [1.807, 2.05) is 18.2 Å². The van der Waals surface area contributed by atoms with Gasteiger partial charge in [0.25, 0.3) is 0 Å². The third-order valence-electron chi connectivity index (χ3n) is 2.55. The van der Waals surface area contributed by atoms with Crippen molar-refractivity contribution in [1.82, 2.24) is 0 Å². The van der Waals surface area contributed by atoms with Crippen molar-refractivity contribution in [2.75, 3.05) is 6.54 Å². The van der Waals surface area contributed by atoms with Gasteiger partial charge in [-0.1, -0.05) is 6.07 Å². The molecular weight excluding hydrogens is 230 g/mol. The molecule has 0 aliphatic rings. The average Bonchev–Trinajstić information content (AvgIpc) is 2.88. The van der Waals surface area contributed by atoms with Crippen molar-refractivity contribution in [2.24, 2.45) is 0 Å². The quantitative estimate of drug-likeness (QED) is 0.834. The molecular formula is C14H18NOS+. The molecule has 1 aromatic carbocycles. The standard InChI is InChI=1S/C14H17NOS/c1-2-15-10-12-5-7-13(8-6-12)16-11-14-4-3-9-17-14/h3-9,15H,2,10-11H2,1H3/p+1. The van der Waals surface area contributed by atoms with Gasteiger partial charge < -0.3 is 10.1 Å². The summed E-state index contributed by atoms with van der Waals surface area (Å²) in [7, 11) is 0.